The fourth-order valence-electron chi connectivity index (χ4n) is 3.47. The van der Waals surface area contributed by atoms with Gasteiger partial charge in [-0.15, -0.1) is 0 Å². The van der Waals surface area contributed by atoms with Gasteiger partial charge in [0.1, 0.15) is 5.82 Å². The average Bonchev–Trinajstić information content (AvgIpc) is 3.07. The van der Waals surface area contributed by atoms with Gasteiger partial charge >= 0.3 is 0 Å². The minimum Gasteiger partial charge on any atom is -0.354 e. The fourth-order valence-corrected chi connectivity index (χ4v) is 3.47. The third kappa shape index (κ3) is 3.93. The summed E-state index contributed by atoms with van der Waals surface area (Å²) in [5, 5.41) is 2.93. The molecular formula is C21H23FN2O2. The second-order valence-corrected chi connectivity index (χ2v) is 7.01. The van der Waals surface area contributed by atoms with Crippen LogP contribution in [0.25, 0.3) is 0 Å². The van der Waals surface area contributed by atoms with Gasteiger partial charge in [0.25, 0.3) is 5.91 Å². The molecule has 1 heterocycles. The Kier molecular flexibility index (Phi) is 5.35. The van der Waals surface area contributed by atoms with Gasteiger partial charge in [0.05, 0.1) is 5.92 Å². The summed E-state index contributed by atoms with van der Waals surface area (Å²) in [6, 6.07) is 15.3. The third-order valence-electron chi connectivity index (χ3n) is 4.67. The van der Waals surface area contributed by atoms with Gasteiger partial charge in [0.15, 0.2) is 0 Å². The molecule has 1 fully saturated rings. The van der Waals surface area contributed by atoms with Crippen LogP contribution in [0.5, 0.6) is 0 Å². The first-order chi connectivity index (χ1) is 12.5. The smallest absolute Gasteiger partial charge is 0.253 e. The summed E-state index contributed by atoms with van der Waals surface area (Å²) in [6.07, 6.45) is 0. The van der Waals surface area contributed by atoms with Crippen LogP contribution in [0.3, 0.4) is 0 Å². The van der Waals surface area contributed by atoms with Crippen molar-refractivity contribution in [2.75, 3.05) is 13.1 Å². The van der Waals surface area contributed by atoms with Crippen molar-refractivity contribution in [3.63, 3.8) is 0 Å². The number of carbonyl (C=O) groups excluding carboxylic acids is 2. The van der Waals surface area contributed by atoms with E-state index < -0.39 is 5.92 Å². The number of nitrogens with zero attached hydrogens (tertiary/aromatic N) is 1. The van der Waals surface area contributed by atoms with Crippen LogP contribution in [-0.2, 0) is 4.79 Å². The number of carbonyl (C=O) groups is 2. The number of benzene rings is 2. The largest absolute Gasteiger partial charge is 0.354 e. The quantitative estimate of drug-likeness (QED) is 0.917. The number of rotatable bonds is 4. The number of amides is 2. The first-order valence-electron chi connectivity index (χ1n) is 8.86. The second kappa shape index (κ2) is 7.68. The fraction of sp³-hybridized carbons (Fsp3) is 0.333. The maximum Gasteiger partial charge on any atom is 0.253 e. The van der Waals surface area contributed by atoms with E-state index in [1.807, 2.05) is 38.1 Å². The van der Waals surface area contributed by atoms with E-state index in [0.717, 1.165) is 5.56 Å². The first kappa shape index (κ1) is 18.1. The zero-order valence-corrected chi connectivity index (χ0v) is 15.0. The average molecular weight is 354 g/mol. The van der Waals surface area contributed by atoms with Crippen LogP contribution in [0.1, 0.15) is 35.7 Å². The predicted octanol–water partition coefficient (Wildman–Crippen LogP) is 3.21. The number of likely N-dealkylation sites (tertiary alicyclic amines) is 1. The Morgan fingerprint density at radius 2 is 1.81 bits per heavy atom. The SMILES string of the molecule is CC(C)NC(=O)C1CN(C(=O)c2ccccc2)CC1c1cccc(F)c1. The lowest BCUT2D eigenvalue weighted by atomic mass is 9.88. The summed E-state index contributed by atoms with van der Waals surface area (Å²) in [4.78, 5) is 27.2. The van der Waals surface area contributed by atoms with Gasteiger partial charge in [-0.25, -0.2) is 4.39 Å². The van der Waals surface area contributed by atoms with E-state index in [-0.39, 0.29) is 29.6 Å². The molecule has 3 rings (SSSR count). The summed E-state index contributed by atoms with van der Waals surface area (Å²) < 4.78 is 13.7. The van der Waals surface area contributed by atoms with Gasteiger partial charge in [0, 0.05) is 30.6 Å². The first-order valence-corrected chi connectivity index (χ1v) is 8.86. The van der Waals surface area contributed by atoms with Crippen LogP contribution in [0, 0.1) is 11.7 Å². The normalized spacial score (nSPS) is 19.6. The lowest BCUT2D eigenvalue weighted by molar-refractivity contribution is -0.125. The molecule has 2 aromatic carbocycles. The minimum atomic E-state index is -0.396. The molecule has 1 N–H and O–H groups in total. The van der Waals surface area contributed by atoms with E-state index in [0.29, 0.717) is 18.7 Å². The molecule has 1 aliphatic heterocycles. The molecule has 4 nitrogen and oxygen atoms in total. The van der Waals surface area contributed by atoms with Gasteiger partial charge in [-0.2, -0.15) is 0 Å². The van der Waals surface area contributed by atoms with Crippen LogP contribution in [0.15, 0.2) is 54.6 Å². The molecule has 0 aromatic heterocycles. The molecule has 0 saturated carbocycles. The number of nitrogens with one attached hydrogen (secondary N) is 1. The highest BCUT2D eigenvalue weighted by Crippen LogP contribution is 2.34. The van der Waals surface area contributed by atoms with Crippen LogP contribution >= 0.6 is 0 Å². The highest BCUT2D eigenvalue weighted by atomic mass is 19.1. The zero-order chi connectivity index (χ0) is 18.7. The number of hydrogen-bond donors (Lipinski definition) is 1. The van der Waals surface area contributed by atoms with Gasteiger partial charge in [-0.3, -0.25) is 9.59 Å². The van der Waals surface area contributed by atoms with Gasteiger partial charge in [0.2, 0.25) is 5.91 Å². The molecule has 2 aromatic rings. The van der Waals surface area contributed by atoms with Crippen molar-refractivity contribution < 1.29 is 14.0 Å². The summed E-state index contributed by atoms with van der Waals surface area (Å²) in [6.45, 7) is 4.52. The molecule has 2 atom stereocenters. The van der Waals surface area contributed by atoms with Crippen LogP contribution in [0.2, 0.25) is 0 Å². The Labute approximate surface area is 153 Å². The zero-order valence-electron chi connectivity index (χ0n) is 15.0. The molecule has 2 unspecified atom stereocenters. The Balaban J connectivity index is 1.87. The molecule has 0 bridgehead atoms. The van der Waals surface area contributed by atoms with Crippen molar-refractivity contribution in [3.8, 4) is 0 Å². The van der Waals surface area contributed by atoms with Crippen molar-refractivity contribution in [1.82, 2.24) is 10.2 Å². The molecule has 0 spiro atoms. The van der Waals surface area contributed by atoms with E-state index in [4.69, 9.17) is 0 Å². The van der Waals surface area contributed by atoms with E-state index >= 15 is 0 Å². The van der Waals surface area contributed by atoms with E-state index in [1.165, 1.54) is 12.1 Å². The van der Waals surface area contributed by atoms with Crippen LogP contribution in [0.4, 0.5) is 4.39 Å². The van der Waals surface area contributed by atoms with Crippen molar-refractivity contribution in [2.24, 2.45) is 5.92 Å². The lowest BCUT2D eigenvalue weighted by Crippen LogP contribution is -2.39. The second-order valence-electron chi connectivity index (χ2n) is 7.01. The van der Waals surface area contributed by atoms with Crippen LogP contribution < -0.4 is 5.32 Å². The number of hydrogen-bond acceptors (Lipinski definition) is 2. The van der Waals surface area contributed by atoms with Crippen molar-refractivity contribution >= 4 is 11.8 Å². The molecule has 5 heteroatoms. The maximum atomic E-state index is 13.7. The highest BCUT2D eigenvalue weighted by Gasteiger charge is 2.40. The summed E-state index contributed by atoms with van der Waals surface area (Å²) in [7, 11) is 0. The topological polar surface area (TPSA) is 49.4 Å². The Bertz CT molecular complexity index is 792. The molecule has 1 aliphatic rings. The number of halogens is 1. The Morgan fingerprint density at radius 1 is 1.08 bits per heavy atom. The van der Waals surface area contributed by atoms with E-state index in [9.17, 15) is 14.0 Å². The van der Waals surface area contributed by atoms with E-state index in [2.05, 4.69) is 5.32 Å². The summed E-state index contributed by atoms with van der Waals surface area (Å²) >= 11 is 0. The Morgan fingerprint density at radius 3 is 2.46 bits per heavy atom. The summed E-state index contributed by atoms with van der Waals surface area (Å²) in [5.41, 5.74) is 1.34. The monoisotopic (exact) mass is 354 g/mol. The van der Waals surface area contributed by atoms with Gasteiger partial charge in [-0.05, 0) is 43.7 Å². The van der Waals surface area contributed by atoms with Crippen molar-refractivity contribution in [3.05, 3.63) is 71.5 Å². The molecule has 2 amide bonds. The molecule has 0 aliphatic carbocycles. The molecule has 26 heavy (non-hydrogen) atoms. The predicted molar refractivity (Wildman–Crippen MR) is 98.3 cm³/mol. The highest BCUT2D eigenvalue weighted by molar-refractivity contribution is 5.95. The standard InChI is InChI=1S/C21H23FN2O2/c1-14(2)23-20(25)19-13-24(21(26)15-7-4-3-5-8-15)12-18(19)16-9-6-10-17(22)11-16/h3-11,14,18-19H,12-13H2,1-2H3,(H,23,25). The summed E-state index contributed by atoms with van der Waals surface area (Å²) in [5.74, 6) is -1.16. The van der Waals surface area contributed by atoms with Gasteiger partial charge < -0.3 is 10.2 Å². The Hall–Kier alpha value is -2.69. The lowest BCUT2D eigenvalue weighted by Gasteiger charge is -2.19. The van der Waals surface area contributed by atoms with Crippen LogP contribution in [-0.4, -0.2) is 35.8 Å². The van der Waals surface area contributed by atoms with Crippen molar-refractivity contribution in [2.45, 2.75) is 25.8 Å². The maximum absolute atomic E-state index is 13.7. The van der Waals surface area contributed by atoms with Crippen molar-refractivity contribution in [1.29, 1.82) is 0 Å². The molecular weight excluding hydrogens is 331 g/mol. The molecule has 136 valence electrons. The minimum absolute atomic E-state index is 0.00883. The molecule has 0 radical (unpaired) electrons. The van der Waals surface area contributed by atoms with Gasteiger partial charge in [-0.1, -0.05) is 30.3 Å². The third-order valence-corrected chi connectivity index (χ3v) is 4.67. The molecule has 1 saturated heterocycles. The van der Waals surface area contributed by atoms with E-state index in [1.54, 1.807) is 23.1 Å².